The van der Waals surface area contributed by atoms with Gasteiger partial charge >= 0.3 is 17.9 Å². The van der Waals surface area contributed by atoms with Crippen molar-refractivity contribution in [3.63, 3.8) is 0 Å². The zero-order valence-electron chi connectivity index (χ0n) is 17.7. The zero-order chi connectivity index (χ0) is 22.2. The van der Waals surface area contributed by atoms with Crippen LogP contribution in [0.15, 0.2) is 35.5 Å². The standard InChI is InChI=1S/C22H28O8/c1-6-14(10-23)21(26)29-17-9-22(5)18(30-22)8-15(27-13(4)24)11(2)7-16-19(17)12(3)20(25)28-16/h6-7,15-19,23H,3,8-10H2,1-2,4-5H3. The van der Waals surface area contributed by atoms with Crippen LogP contribution in [0.4, 0.5) is 0 Å². The monoisotopic (exact) mass is 420 g/mol. The second-order valence-corrected chi connectivity index (χ2v) is 8.20. The molecule has 1 N–H and O–H groups in total. The summed E-state index contributed by atoms with van der Waals surface area (Å²) < 4.78 is 22.6. The Kier molecular flexibility index (Phi) is 6.19. The number of ether oxygens (including phenoxy) is 4. The summed E-state index contributed by atoms with van der Waals surface area (Å²) in [6, 6.07) is 0. The molecule has 0 aromatic carbocycles. The van der Waals surface area contributed by atoms with Crippen LogP contribution in [0.1, 0.15) is 40.5 Å². The van der Waals surface area contributed by atoms with Gasteiger partial charge in [0.1, 0.15) is 18.3 Å². The summed E-state index contributed by atoms with van der Waals surface area (Å²) in [5.41, 5.74) is 0.432. The van der Waals surface area contributed by atoms with Crippen molar-refractivity contribution in [3.05, 3.63) is 35.5 Å². The highest BCUT2D eigenvalue weighted by molar-refractivity contribution is 5.92. The fourth-order valence-electron chi connectivity index (χ4n) is 4.16. The van der Waals surface area contributed by atoms with Gasteiger partial charge in [-0.15, -0.1) is 0 Å². The lowest BCUT2D eigenvalue weighted by Gasteiger charge is -2.29. The van der Waals surface area contributed by atoms with Gasteiger partial charge in [0, 0.05) is 25.3 Å². The first-order chi connectivity index (χ1) is 14.1. The fourth-order valence-corrected chi connectivity index (χ4v) is 4.16. The number of hydrogen-bond donors (Lipinski definition) is 1. The van der Waals surface area contributed by atoms with Crippen LogP contribution in [0.2, 0.25) is 0 Å². The molecule has 0 saturated carbocycles. The van der Waals surface area contributed by atoms with E-state index in [9.17, 15) is 19.5 Å². The Morgan fingerprint density at radius 2 is 2.10 bits per heavy atom. The van der Waals surface area contributed by atoms with Gasteiger partial charge in [0.15, 0.2) is 0 Å². The molecule has 6 atom stereocenters. The number of fused-ring (bicyclic) bond motifs is 2. The quantitative estimate of drug-likeness (QED) is 0.241. The van der Waals surface area contributed by atoms with Crippen molar-refractivity contribution in [2.75, 3.05) is 6.61 Å². The van der Waals surface area contributed by atoms with Gasteiger partial charge < -0.3 is 24.1 Å². The predicted molar refractivity (Wildman–Crippen MR) is 105 cm³/mol. The molecule has 30 heavy (non-hydrogen) atoms. The SMILES string of the molecule is C=C1C(=O)OC2C=C(C)C(OC(C)=O)CC3OC3(C)CC(OC(=O)C(=CC)CO)C12. The van der Waals surface area contributed by atoms with Crippen molar-refractivity contribution in [1.82, 2.24) is 0 Å². The van der Waals surface area contributed by atoms with Crippen LogP contribution >= 0.6 is 0 Å². The maximum atomic E-state index is 12.5. The van der Waals surface area contributed by atoms with Crippen molar-refractivity contribution in [3.8, 4) is 0 Å². The molecule has 0 aromatic heterocycles. The summed E-state index contributed by atoms with van der Waals surface area (Å²) in [6.07, 6.45) is 1.79. The minimum Gasteiger partial charge on any atom is -0.458 e. The van der Waals surface area contributed by atoms with E-state index in [1.165, 1.54) is 13.0 Å². The van der Waals surface area contributed by atoms with Gasteiger partial charge in [-0.25, -0.2) is 9.59 Å². The van der Waals surface area contributed by atoms with E-state index in [2.05, 4.69) is 6.58 Å². The van der Waals surface area contributed by atoms with E-state index in [0.29, 0.717) is 12.8 Å². The zero-order valence-corrected chi connectivity index (χ0v) is 17.7. The van der Waals surface area contributed by atoms with Crippen LogP contribution in [0.3, 0.4) is 0 Å². The molecule has 3 aliphatic rings. The molecule has 2 heterocycles. The van der Waals surface area contributed by atoms with Gasteiger partial charge in [-0.2, -0.15) is 0 Å². The first-order valence-electron chi connectivity index (χ1n) is 9.99. The predicted octanol–water partition coefficient (Wildman–Crippen LogP) is 1.76. The van der Waals surface area contributed by atoms with Crippen molar-refractivity contribution in [1.29, 1.82) is 0 Å². The highest BCUT2D eigenvalue weighted by atomic mass is 16.6. The molecule has 0 bridgehead atoms. The van der Waals surface area contributed by atoms with E-state index in [1.54, 1.807) is 19.9 Å². The molecular weight excluding hydrogens is 392 g/mol. The van der Waals surface area contributed by atoms with Crippen molar-refractivity contribution in [2.24, 2.45) is 5.92 Å². The number of epoxide rings is 1. The molecule has 3 rings (SSSR count). The smallest absolute Gasteiger partial charge is 0.336 e. The number of aliphatic hydroxyl groups is 1. The van der Waals surface area contributed by atoms with Crippen LogP contribution in [-0.2, 0) is 33.3 Å². The Morgan fingerprint density at radius 1 is 1.40 bits per heavy atom. The third-order valence-electron chi connectivity index (χ3n) is 6.01. The number of aliphatic hydroxyl groups excluding tert-OH is 1. The summed E-state index contributed by atoms with van der Waals surface area (Å²) in [7, 11) is 0. The van der Waals surface area contributed by atoms with E-state index in [-0.39, 0.29) is 17.3 Å². The molecule has 0 amide bonds. The first kappa shape index (κ1) is 22.2. The van der Waals surface area contributed by atoms with Crippen LogP contribution in [-0.4, -0.2) is 59.6 Å². The second kappa shape index (κ2) is 8.35. The Morgan fingerprint density at radius 3 is 2.70 bits per heavy atom. The van der Waals surface area contributed by atoms with Gasteiger partial charge in [0.25, 0.3) is 0 Å². The molecule has 0 aromatic rings. The topological polar surface area (TPSA) is 112 Å². The Balaban J connectivity index is 1.98. The number of carbonyl (C=O) groups excluding carboxylic acids is 3. The van der Waals surface area contributed by atoms with Gasteiger partial charge in [-0.1, -0.05) is 12.7 Å². The number of carbonyl (C=O) groups is 3. The average molecular weight is 420 g/mol. The number of esters is 3. The molecule has 8 heteroatoms. The largest absolute Gasteiger partial charge is 0.458 e. The van der Waals surface area contributed by atoms with Crippen molar-refractivity contribution >= 4 is 17.9 Å². The lowest BCUT2D eigenvalue weighted by Crippen LogP contribution is -2.38. The maximum Gasteiger partial charge on any atom is 0.336 e. The van der Waals surface area contributed by atoms with Crippen LogP contribution in [0.25, 0.3) is 0 Å². The van der Waals surface area contributed by atoms with E-state index in [0.717, 1.165) is 5.57 Å². The summed E-state index contributed by atoms with van der Waals surface area (Å²) >= 11 is 0. The Bertz CT molecular complexity index is 825. The van der Waals surface area contributed by atoms with Crippen LogP contribution < -0.4 is 0 Å². The van der Waals surface area contributed by atoms with E-state index in [4.69, 9.17) is 18.9 Å². The van der Waals surface area contributed by atoms with Crippen molar-refractivity contribution < 1.29 is 38.4 Å². The molecule has 0 spiro atoms. The number of allylic oxidation sites excluding steroid dienone is 1. The Labute approximate surface area is 175 Å². The van der Waals surface area contributed by atoms with Gasteiger partial charge in [-0.3, -0.25) is 4.79 Å². The molecule has 164 valence electrons. The molecule has 8 nitrogen and oxygen atoms in total. The third kappa shape index (κ3) is 4.34. The molecule has 2 saturated heterocycles. The van der Waals surface area contributed by atoms with E-state index < -0.39 is 54.3 Å². The maximum absolute atomic E-state index is 12.5. The summed E-state index contributed by atoms with van der Waals surface area (Å²) in [6.45, 7) is 10.1. The highest BCUT2D eigenvalue weighted by Crippen LogP contribution is 2.48. The Hall–Kier alpha value is -2.45. The number of hydrogen-bond acceptors (Lipinski definition) is 8. The summed E-state index contributed by atoms with van der Waals surface area (Å²) in [5, 5.41) is 9.40. The lowest BCUT2D eigenvalue weighted by atomic mass is 9.82. The van der Waals surface area contributed by atoms with Gasteiger partial charge in [0.2, 0.25) is 0 Å². The summed E-state index contributed by atoms with van der Waals surface area (Å²) in [5.74, 6) is -2.25. The molecular formula is C22H28O8. The molecule has 1 aliphatic carbocycles. The van der Waals surface area contributed by atoms with Crippen LogP contribution in [0, 0.1) is 5.92 Å². The lowest BCUT2D eigenvalue weighted by molar-refractivity contribution is -0.149. The fraction of sp³-hybridized carbons (Fsp3) is 0.591. The minimum absolute atomic E-state index is 0.125. The van der Waals surface area contributed by atoms with E-state index >= 15 is 0 Å². The molecule has 2 aliphatic heterocycles. The van der Waals surface area contributed by atoms with Crippen molar-refractivity contribution in [2.45, 2.75) is 70.6 Å². The molecule has 2 fully saturated rings. The van der Waals surface area contributed by atoms with Gasteiger partial charge in [0.05, 0.1) is 29.8 Å². The molecule has 6 unspecified atom stereocenters. The third-order valence-corrected chi connectivity index (χ3v) is 6.01. The average Bonchev–Trinajstić information content (AvgIpc) is 3.19. The minimum atomic E-state index is -0.743. The second-order valence-electron chi connectivity index (χ2n) is 8.20. The van der Waals surface area contributed by atoms with Crippen LogP contribution in [0.5, 0.6) is 0 Å². The van der Waals surface area contributed by atoms with E-state index in [1.807, 2.05) is 6.92 Å². The first-order valence-corrected chi connectivity index (χ1v) is 9.99. The van der Waals surface area contributed by atoms with Gasteiger partial charge in [-0.05, 0) is 32.4 Å². The molecule has 0 radical (unpaired) electrons. The summed E-state index contributed by atoms with van der Waals surface area (Å²) in [4.78, 5) is 36.4. The highest BCUT2D eigenvalue weighted by Gasteiger charge is 2.58. The normalized spacial score (nSPS) is 36.1. The number of rotatable bonds is 4.